The van der Waals surface area contributed by atoms with Crippen LogP contribution in [-0.2, 0) is 60.5 Å². The van der Waals surface area contributed by atoms with Gasteiger partial charge in [0.05, 0.1) is 0 Å². The number of hydrogen-bond donors (Lipinski definition) is 1. The van der Waals surface area contributed by atoms with E-state index in [1.807, 2.05) is 0 Å². The predicted octanol–water partition coefficient (Wildman–Crippen LogP) is -2.60. The van der Waals surface area contributed by atoms with Gasteiger partial charge in [0.1, 0.15) is 0 Å². The molecule has 0 aliphatic carbocycles. The molecule has 0 aromatic heterocycles. The van der Waals surface area contributed by atoms with Gasteiger partial charge in [-0.2, -0.15) is 0 Å². The van der Waals surface area contributed by atoms with Crippen molar-refractivity contribution in [1.29, 1.82) is 0 Å². The zero-order valence-corrected chi connectivity index (χ0v) is 9.25. The van der Waals surface area contributed by atoms with Crippen molar-refractivity contribution in [1.82, 2.24) is 0 Å². The van der Waals surface area contributed by atoms with Crippen molar-refractivity contribution < 1.29 is 65.2 Å². The summed E-state index contributed by atoms with van der Waals surface area (Å²) in [5.74, 6) is 0. The first-order chi connectivity index (χ1) is 3.73. The van der Waals surface area contributed by atoms with Crippen molar-refractivity contribution in [2.24, 2.45) is 5.14 Å². The molecule has 0 aromatic carbocycles. The largest absolute Gasteiger partial charge is 3.00 e. The van der Waals surface area contributed by atoms with Gasteiger partial charge in [-0.3, -0.25) is 4.21 Å². The normalized spacial score (nSPS) is 8.45. The first-order valence-corrected chi connectivity index (χ1v) is 3.71. The summed E-state index contributed by atoms with van der Waals surface area (Å²) in [6, 6.07) is 0. The second-order valence-corrected chi connectivity index (χ2v) is 2.09. The molecule has 0 saturated carbocycles. The van der Waals surface area contributed by atoms with Crippen molar-refractivity contribution >= 4 is 21.7 Å². The monoisotopic (exact) mass is 431 g/mol. The van der Waals surface area contributed by atoms with Crippen LogP contribution in [0.1, 0.15) is 0 Å². The Morgan fingerprint density at radius 3 is 1.27 bits per heavy atom. The molecule has 11 heteroatoms. The van der Waals surface area contributed by atoms with Gasteiger partial charge in [0, 0.05) is 0 Å². The van der Waals surface area contributed by atoms with Gasteiger partial charge >= 0.3 is 38.9 Å². The van der Waals surface area contributed by atoms with Crippen LogP contribution < -0.4 is 5.14 Å². The molecule has 0 fully saturated rings. The molecule has 2 N–H and O–H groups in total. The second-order valence-electron chi connectivity index (χ2n) is 0.697. The first-order valence-electron chi connectivity index (χ1n) is 1.24. The quantitative estimate of drug-likeness (QED) is 0.253. The molecule has 0 amide bonds. The van der Waals surface area contributed by atoms with Crippen LogP contribution in [0.15, 0.2) is 0 Å². The van der Waals surface area contributed by atoms with E-state index in [0.29, 0.717) is 0 Å². The molecule has 0 heterocycles. The van der Waals surface area contributed by atoms with Gasteiger partial charge in [-0.15, -0.1) is 11.4 Å². The molecule has 11 heavy (non-hydrogen) atoms. The Morgan fingerprint density at radius 1 is 1.27 bits per heavy atom. The molecule has 0 saturated heterocycles. The number of rotatable bonds is 0. The van der Waals surface area contributed by atoms with Gasteiger partial charge in [0.15, 0.2) is 10.3 Å². The molecule has 0 aliphatic rings. The summed E-state index contributed by atoms with van der Waals surface area (Å²) in [5, 5.41) is 3.77. The van der Waals surface area contributed by atoms with Crippen molar-refractivity contribution in [3.8, 4) is 0 Å². The predicted molar refractivity (Wildman–Crippen MR) is 23.6 cm³/mol. The van der Waals surface area contributed by atoms with Gasteiger partial charge < -0.3 is 13.7 Å². The number of hydrogen-bond acceptors (Lipinski definition) is 6. The van der Waals surface area contributed by atoms with Crippen molar-refractivity contribution in [3.63, 3.8) is 0 Å². The summed E-state index contributed by atoms with van der Waals surface area (Å²) >= 11 is -3.11. The second kappa shape index (κ2) is 11.2. The third-order valence-electron chi connectivity index (χ3n) is 0. The van der Waals surface area contributed by atoms with Crippen LogP contribution in [0.5, 0.6) is 0 Å². The van der Waals surface area contributed by atoms with Gasteiger partial charge in [-0.25, -0.2) is 13.6 Å². The average molecular weight is 432 g/mol. The van der Waals surface area contributed by atoms with Crippen LogP contribution >= 0.6 is 0 Å². The van der Waals surface area contributed by atoms with Crippen LogP contribution in [0.3, 0.4) is 0 Å². The molecular formula is H2AuNNiO6S2+2. The minimum absolute atomic E-state index is 0. The first kappa shape index (κ1) is 22.7. The van der Waals surface area contributed by atoms with Gasteiger partial charge in [-0.1, -0.05) is 0 Å². The molecule has 74 valence electrons. The summed E-state index contributed by atoms with van der Waals surface area (Å²) in [4.78, 5) is 0. The third-order valence-corrected chi connectivity index (χ3v) is 0. The van der Waals surface area contributed by atoms with E-state index in [9.17, 15) is 0 Å². The maximum absolute atomic E-state index is 8.85. The van der Waals surface area contributed by atoms with E-state index in [0.717, 1.165) is 0 Å². The Bertz CT molecular complexity index is 163. The zero-order chi connectivity index (χ0) is 8.08. The topological polar surface area (TPSA) is 146 Å². The van der Waals surface area contributed by atoms with Crippen LogP contribution in [-0.4, -0.2) is 26.3 Å². The van der Waals surface area contributed by atoms with Gasteiger partial charge in [0.25, 0.3) is 0 Å². The molecular weight excluding hydrogens is 430 g/mol. The molecule has 0 spiro atoms. The fraction of sp³-hybridized carbons (Fsp3) is 0. The summed E-state index contributed by atoms with van der Waals surface area (Å²) in [6.45, 7) is 0. The van der Waals surface area contributed by atoms with E-state index in [1.54, 1.807) is 0 Å². The summed E-state index contributed by atoms with van der Waals surface area (Å²) in [6.07, 6.45) is 0. The standard InChI is InChI=1S/Au.H3NO3S.Ni.H2O3S/c;1-5(2,3)4;;1-4(2)3/h;(H3,1,2,3,4);;(H2,1,2,3)/q+3;;+2;/p-3. The van der Waals surface area contributed by atoms with Crippen LogP contribution in [0.25, 0.3) is 0 Å². The Hall–Kier alpha value is 1.17. The van der Waals surface area contributed by atoms with Crippen molar-refractivity contribution in [2.45, 2.75) is 0 Å². The van der Waals surface area contributed by atoms with Crippen molar-refractivity contribution in [3.05, 3.63) is 0 Å². The van der Waals surface area contributed by atoms with Crippen molar-refractivity contribution in [2.75, 3.05) is 0 Å². The molecule has 7 nitrogen and oxygen atoms in total. The van der Waals surface area contributed by atoms with E-state index in [-0.39, 0.29) is 38.9 Å². The molecule has 0 radical (unpaired) electrons. The fourth-order valence-electron chi connectivity index (χ4n) is 0. The third kappa shape index (κ3) is 683. The molecule has 0 rings (SSSR count). The Morgan fingerprint density at radius 2 is 1.27 bits per heavy atom. The van der Waals surface area contributed by atoms with Gasteiger partial charge in [-0.05, 0) is 0 Å². The van der Waals surface area contributed by atoms with E-state index in [2.05, 4.69) is 5.14 Å². The maximum atomic E-state index is 8.85. The minimum atomic E-state index is -4.42. The van der Waals surface area contributed by atoms with Crippen LogP contribution in [0.2, 0.25) is 0 Å². The molecule has 0 atom stereocenters. The summed E-state index contributed by atoms with van der Waals surface area (Å²) in [5.41, 5.74) is 0. The number of nitrogens with two attached hydrogens (primary N) is 1. The Labute approximate surface area is 91.5 Å². The summed E-state index contributed by atoms with van der Waals surface area (Å²) in [7, 11) is -4.42. The molecule has 0 aromatic rings. The Kier molecular flexibility index (Phi) is 23.1. The van der Waals surface area contributed by atoms with Gasteiger partial charge in [0.2, 0.25) is 0 Å². The van der Waals surface area contributed by atoms with Crippen LogP contribution in [0, 0.1) is 0 Å². The smallest absolute Gasteiger partial charge is 0.784 e. The van der Waals surface area contributed by atoms with E-state index < -0.39 is 21.7 Å². The molecule has 0 unspecified atom stereocenters. The molecule has 0 aliphatic heterocycles. The SMILES string of the molecule is NS(=O)(=O)[O-].O=S([O-])[O-].[Au+3].[Ni+2]. The molecule has 0 bridgehead atoms. The zero-order valence-electron chi connectivity index (χ0n) is 4.46. The minimum Gasteiger partial charge on any atom is -0.784 e. The maximum Gasteiger partial charge on any atom is 3.00 e. The fourth-order valence-corrected chi connectivity index (χ4v) is 0. The average Bonchev–Trinajstić information content (AvgIpc) is 1.19. The van der Waals surface area contributed by atoms with E-state index in [4.69, 9.17) is 26.3 Å². The van der Waals surface area contributed by atoms with E-state index in [1.165, 1.54) is 0 Å². The van der Waals surface area contributed by atoms with Crippen LogP contribution in [0.4, 0.5) is 0 Å². The van der Waals surface area contributed by atoms with E-state index >= 15 is 0 Å². The summed E-state index contributed by atoms with van der Waals surface area (Å²) < 4.78 is 51.9. The Balaban J connectivity index is -0.0000000383.